The first kappa shape index (κ1) is 16.3. The minimum atomic E-state index is 0.137. The normalized spacial score (nSPS) is 7.87. The molecule has 86 valence electrons. The van der Waals surface area contributed by atoms with Gasteiger partial charge in [-0.15, -0.1) is 0 Å². The average molecular weight is 210 g/mol. The minimum Gasteiger partial charge on any atom is -0.388 e. The van der Waals surface area contributed by atoms with Crippen molar-refractivity contribution in [2.75, 3.05) is 14.2 Å². The highest BCUT2D eigenvalue weighted by molar-refractivity contribution is 5.95. The summed E-state index contributed by atoms with van der Waals surface area (Å²) in [6.07, 6.45) is 0. The van der Waals surface area contributed by atoms with Crippen molar-refractivity contribution >= 4 is 5.78 Å². The van der Waals surface area contributed by atoms with E-state index in [-0.39, 0.29) is 5.78 Å². The molecule has 0 spiro atoms. The third-order valence-corrected chi connectivity index (χ3v) is 1.52. The van der Waals surface area contributed by atoms with Gasteiger partial charge in [0, 0.05) is 19.8 Å². The third-order valence-electron chi connectivity index (χ3n) is 1.52. The number of carbonyl (C=O) groups excluding carboxylic acids is 1. The van der Waals surface area contributed by atoms with Gasteiger partial charge in [-0.3, -0.25) is 4.79 Å². The molecule has 2 heteroatoms. The van der Waals surface area contributed by atoms with Gasteiger partial charge in [-0.1, -0.05) is 38.1 Å². The number of carbonyl (C=O) groups is 1. The molecular formula is C13H22O2. The molecule has 1 aromatic carbocycles. The van der Waals surface area contributed by atoms with Crippen LogP contribution in [0.5, 0.6) is 0 Å². The van der Waals surface area contributed by atoms with E-state index in [1.54, 1.807) is 21.1 Å². The Labute approximate surface area is 93.3 Å². The zero-order chi connectivity index (χ0) is 12.3. The molecular weight excluding hydrogens is 188 g/mol. The van der Waals surface area contributed by atoms with Crippen LogP contribution in [0.4, 0.5) is 0 Å². The van der Waals surface area contributed by atoms with Crippen molar-refractivity contribution in [1.29, 1.82) is 0 Å². The van der Waals surface area contributed by atoms with Gasteiger partial charge in [-0.2, -0.15) is 0 Å². The predicted octanol–water partition coefficient (Wildman–Crippen LogP) is 3.49. The van der Waals surface area contributed by atoms with Gasteiger partial charge in [-0.05, 0) is 19.4 Å². The topological polar surface area (TPSA) is 26.3 Å². The Morgan fingerprint density at radius 2 is 1.53 bits per heavy atom. The molecule has 0 N–H and O–H groups in total. The first-order valence-corrected chi connectivity index (χ1v) is 5.10. The van der Waals surface area contributed by atoms with Gasteiger partial charge >= 0.3 is 0 Å². The van der Waals surface area contributed by atoms with E-state index in [0.717, 1.165) is 11.1 Å². The van der Waals surface area contributed by atoms with E-state index in [2.05, 4.69) is 4.74 Å². The van der Waals surface area contributed by atoms with Crippen LogP contribution in [0.3, 0.4) is 0 Å². The maximum absolute atomic E-state index is 10.9. The fraction of sp³-hybridized carbons (Fsp3) is 0.462. The molecule has 1 rings (SSSR count). The number of aryl methyl sites for hydroxylation is 1. The van der Waals surface area contributed by atoms with E-state index >= 15 is 0 Å². The summed E-state index contributed by atoms with van der Waals surface area (Å²) >= 11 is 0. The molecule has 0 aromatic heterocycles. The maximum atomic E-state index is 10.9. The van der Waals surface area contributed by atoms with Gasteiger partial charge in [0.25, 0.3) is 0 Å². The molecule has 0 saturated heterocycles. The largest absolute Gasteiger partial charge is 0.388 e. The molecule has 0 amide bonds. The lowest BCUT2D eigenvalue weighted by atomic mass is 10.1. The monoisotopic (exact) mass is 210 g/mol. The van der Waals surface area contributed by atoms with Crippen LogP contribution < -0.4 is 0 Å². The van der Waals surface area contributed by atoms with Crippen molar-refractivity contribution in [2.24, 2.45) is 0 Å². The lowest BCUT2D eigenvalue weighted by Gasteiger charge is -1.97. The van der Waals surface area contributed by atoms with Crippen LogP contribution in [-0.2, 0) is 4.74 Å². The zero-order valence-electron chi connectivity index (χ0n) is 10.6. The van der Waals surface area contributed by atoms with Crippen LogP contribution in [0.25, 0.3) is 0 Å². The summed E-state index contributed by atoms with van der Waals surface area (Å²) in [5.41, 5.74) is 1.87. The maximum Gasteiger partial charge on any atom is 0.160 e. The van der Waals surface area contributed by atoms with Gasteiger partial charge in [0.05, 0.1) is 0 Å². The number of ketones is 1. The van der Waals surface area contributed by atoms with Gasteiger partial charge in [-0.25, -0.2) is 0 Å². The van der Waals surface area contributed by atoms with E-state index < -0.39 is 0 Å². The second-order valence-electron chi connectivity index (χ2n) is 2.78. The number of rotatable bonds is 1. The summed E-state index contributed by atoms with van der Waals surface area (Å²) in [6, 6.07) is 7.60. The zero-order valence-corrected chi connectivity index (χ0v) is 10.6. The Morgan fingerprint density at radius 1 is 1.13 bits per heavy atom. The van der Waals surface area contributed by atoms with Crippen LogP contribution in [0.15, 0.2) is 24.3 Å². The third kappa shape index (κ3) is 7.89. The number of Topliss-reactive ketones (excluding diaryl/α,β-unsaturated/α-hetero) is 1. The molecule has 0 heterocycles. The van der Waals surface area contributed by atoms with Gasteiger partial charge in [0.15, 0.2) is 5.78 Å². The van der Waals surface area contributed by atoms with Gasteiger partial charge in [0.2, 0.25) is 0 Å². The van der Waals surface area contributed by atoms with Crippen LogP contribution in [0, 0.1) is 6.92 Å². The summed E-state index contributed by atoms with van der Waals surface area (Å²) in [6.45, 7) is 7.53. The summed E-state index contributed by atoms with van der Waals surface area (Å²) in [5, 5.41) is 0. The van der Waals surface area contributed by atoms with Crippen LogP contribution >= 0.6 is 0 Å². The van der Waals surface area contributed by atoms with Crippen molar-refractivity contribution in [3.05, 3.63) is 35.4 Å². The van der Waals surface area contributed by atoms with Gasteiger partial charge < -0.3 is 4.74 Å². The molecule has 0 atom stereocenters. The molecule has 0 aliphatic carbocycles. The summed E-state index contributed by atoms with van der Waals surface area (Å²) in [4.78, 5) is 10.9. The van der Waals surface area contributed by atoms with Crippen LogP contribution in [0.1, 0.15) is 36.7 Å². The Balaban J connectivity index is 0. The minimum absolute atomic E-state index is 0.137. The van der Waals surface area contributed by atoms with Crippen molar-refractivity contribution < 1.29 is 9.53 Å². The summed E-state index contributed by atoms with van der Waals surface area (Å²) < 4.78 is 4.25. The average Bonchev–Trinajstić information content (AvgIpc) is 2.22. The fourth-order valence-electron chi connectivity index (χ4n) is 0.968. The van der Waals surface area contributed by atoms with Crippen molar-refractivity contribution in [1.82, 2.24) is 0 Å². The fourth-order valence-corrected chi connectivity index (χ4v) is 0.968. The number of hydrogen-bond acceptors (Lipinski definition) is 2. The molecule has 0 aliphatic rings. The summed E-state index contributed by atoms with van der Waals surface area (Å²) in [7, 11) is 3.25. The number of hydrogen-bond donors (Lipinski definition) is 0. The Kier molecular flexibility index (Phi) is 11.9. The number of benzene rings is 1. The quantitative estimate of drug-likeness (QED) is 0.663. The number of ether oxygens (including phenoxy) is 1. The highest BCUT2D eigenvalue weighted by Crippen LogP contribution is 2.06. The molecule has 0 aliphatic heterocycles. The highest BCUT2D eigenvalue weighted by atomic mass is 16.4. The van der Waals surface area contributed by atoms with Crippen molar-refractivity contribution in [3.8, 4) is 0 Å². The first-order valence-electron chi connectivity index (χ1n) is 5.10. The first-order chi connectivity index (χ1) is 7.13. The second-order valence-corrected chi connectivity index (χ2v) is 2.78. The molecule has 0 unspecified atom stereocenters. The van der Waals surface area contributed by atoms with Crippen molar-refractivity contribution in [2.45, 2.75) is 27.7 Å². The Hall–Kier alpha value is -1.15. The van der Waals surface area contributed by atoms with E-state index in [1.165, 1.54) is 0 Å². The van der Waals surface area contributed by atoms with E-state index in [9.17, 15) is 4.79 Å². The molecule has 0 fully saturated rings. The van der Waals surface area contributed by atoms with Crippen LogP contribution in [-0.4, -0.2) is 20.0 Å². The van der Waals surface area contributed by atoms with E-state index in [4.69, 9.17) is 0 Å². The highest BCUT2D eigenvalue weighted by Gasteiger charge is 1.99. The molecule has 0 radical (unpaired) electrons. The van der Waals surface area contributed by atoms with E-state index in [1.807, 2.05) is 45.0 Å². The van der Waals surface area contributed by atoms with E-state index in [0.29, 0.717) is 0 Å². The molecule has 2 nitrogen and oxygen atoms in total. The molecule has 15 heavy (non-hydrogen) atoms. The number of methoxy groups -OCH3 is 1. The predicted molar refractivity (Wildman–Crippen MR) is 65.5 cm³/mol. The Morgan fingerprint density at radius 3 is 1.80 bits per heavy atom. The Bertz CT molecular complexity index is 267. The SMILES string of the molecule is CC.CC(=O)c1ccccc1C.COC. The van der Waals surface area contributed by atoms with Gasteiger partial charge in [0.1, 0.15) is 0 Å². The summed E-state index contributed by atoms with van der Waals surface area (Å²) in [5.74, 6) is 0.137. The van der Waals surface area contributed by atoms with Crippen molar-refractivity contribution in [3.63, 3.8) is 0 Å². The molecule has 0 saturated carbocycles. The lowest BCUT2D eigenvalue weighted by Crippen LogP contribution is -1.93. The second kappa shape index (κ2) is 10.9. The molecule has 0 bridgehead atoms. The smallest absolute Gasteiger partial charge is 0.160 e. The standard InChI is InChI=1S/C9H10O.C2H6O.C2H6/c1-7-5-3-4-6-9(7)8(2)10;1-3-2;1-2/h3-6H,1-2H3;1-2H3;1-2H3. The molecule has 1 aromatic rings. The van der Waals surface area contributed by atoms with Crippen LogP contribution in [0.2, 0.25) is 0 Å². The lowest BCUT2D eigenvalue weighted by molar-refractivity contribution is 0.101.